The summed E-state index contributed by atoms with van der Waals surface area (Å²) in [4.78, 5) is 0. The Bertz CT molecular complexity index is 546. The largest absolute Gasteiger partial charge is 0.473 e. The summed E-state index contributed by atoms with van der Waals surface area (Å²) in [6, 6.07) is 10.3. The smallest absolute Gasteiger partial charge is 0.0936 e. The molecule has 1 aromatic carbocycles. The third-order valence-corrected chi connectivity index (χ3v) is 4.81. The maximum absolute atomic E-state index is 5.55. The van der Waals surface area contributed by atoms with Crippen LogP contribution in [0.3, 0.4) is 0 Å². The summed E-state index contributed by atoms with van der Waals surface area (Å²) in [5.74, 6) is 0.691. The zero-order chi connectivity index (χ0) is 15.3. The van der Waals surface area contributed by atoms with Gasteiger partial charge in [0.25, 0.3) is 0 Å². The fourth-order valence-corrected chi connectivity index (χ4v) is 2.78. The predicted molar refractivity (Wildman–Crippen MR) is 90.6 cm³/mol. The van der Waals surface area contributed by atoms with Gasteiger partial charge < -0.3 is 4.74 Å². The van der Waals surface area contributed by atoms with Crippen molar-refractivity contribution in [1.29, 1.82) is 0 Å². The molecule has 1 aromatic rings. The van der Waals surface area contributed by atoms with Crippen LogP contribution in [-0.4, -0.2) is 0 Å². The third kappa shape index (κ3) is 3.87. The van der Waals surface area contributed by atoms with Crippen LogP contribution in [0.5, 0.6) is 0 Å². The molecule has 1 aliphatic carbocycles. The molecule has 0 spiro atoms. The Labute approximate surface area is 129 Å². The van der Waals surface area contributed by atoms with Crippen LogP contribution in [0.4, 0.5) is 0 Å². The second-order valence-corrected chi connectivity index (χ2v) is 6.45. The lowest BCUT2D eigenvalue weighted by molar-refractivity contribution is 0.292. The minimum Gasteiger partial charge on any atom is -0.473 e. The molecule has 1 aliphatic rings. The number of allylic oxidation sites excluding steroid dienone is 4. The van der Waals surface area contributed by atoms with Crippen LogP contribution >= 0.6 is 0 Å². The van der Waals surface area contributed by atoms with Crippen LogP contribution in [0.1, 0.15) is 46.1 Å². The van der Waals surface area contributed by atoms with Gasteiger partial charge in [0.15, 0.2) is 0 Å². The zero-order valence-corrected chi connectivity index (χ0v) is 13.6. The molecule has 0 saturated heterocycles. The van der Waals surface area contributed by atoms with E-state index in [-0.39, 0.29) is 0 Å². The van der Waals surface area contributed by atoms with Gasteiger partial charge in [-0.25, -0.2) is 0 Å². The molecule has 21 heavy (non-hydrogen) atoms. The van der Waals surface area contributed by atoms with E-state index < -0.39 is 0 Å². The fraction of sp³-hybridized carbons (Fsp3) is 0.400. The molecule has 0 heterocycles. The van der Waals surface area contributed by atoms with E-state index in [1.807, 2.05) is 30.7 Å². The Morgan fingerprint density at radius 1 is 1.29 bits per heavy atom. The van der Waals surface area contributed by atoms with Crippen molar-refractivity contribution < 1.29 is 4.74 Å². The van der Waals surface area contributed by atoms with Gasteiger partial charge in [0.1, 0.15) is 0 Å². The van der Waals surface area contributed by atoms with E-state index in [0.29, 0.717) is 11.3 Å². The second kappa shape index (κ2) is 6.80. The molecule has 0 aromatic heterocycles. The van der Waals surface area contributed by atoms with E-state index in [0.717, 1.165) is 12.0 Å². The maximum atomic E-state index is 5.55. The normalized spacial score (nSPS) is 21.6. The minimum atomic E-state index is 0.320. The standard InChI is InChI=1S/C20H26O/c1-16(18-9-6-5-7-10-18)15-21-14-8-11-19-13-12-17(2)20(19,3)4/h5-10,12,14-15,19H,11,13H2,1-4H3/b14-8+,16-15+. The topological polar surface area (TPSA) is 9.23 Å². The SMILES string of the molecule is CC1=CCC(C/C=C/O/C=C(\C)c2ccccc2)C1(C)C. The van der Waals surface area contributed by atoms with Crippen molar-refractivity contribution in [2.45, 2.75) is 40.5 Å². The molecule has 1 unspecified atom stereocenters. The molecule has 0 saturated carbocycles. The summed E-state index contributed by atoms with van der Waals surface area (Å²) in [5.41, 5.74) is 4.17. The van der Waals surface area contributed by atoms with Gasteiger partial charge in [-0.1, -0.05) is 55.8 Å². The van der Waals surface area contributed by atoms with Crippen LogP contribution in [-0.2, 0) is 4.74 Å². The van der Waals surface area contributed by atoms with E-state index in [2.05, 4.69) is 52.0 Å². The molecule has 2 rings (SSSR count). The fourth-order valence-electron chi connectivity index (χ4n) is 2.78. The molecule has 1 atom stereocenters. The highest BCUT2D eigenvalue weighted by atomic mass is 16.5. The van der Waals surface area contributed by atoms with Crippen molar-refractivity contribution in [1.82, 2.24) is 0 Å². The van der Waals surface area contributed by atoms with Crippen molar-refractivity contribution in [3.63, 3.8) is 0 Å². The van der Waals surface area contributed by atoms with Gasteiger partial charge >= 0.3 is 0 Å². The molecular weight excluding hydrogens is 256 g/mol. The van der Waals surface area contributed by atoms with Gasteiger partial charge in [-0.3, -0.25) is 0 Å². The molecule has 112 valence electrons. The third-order valence-electron chi connectivity index (χ3n) is 4.81. The van der Waals surface area contributed by atoms with Crippen molar-refractivity contribution in [3.05, 3.63) is 66.1 Å². The Hall–Kier alpha value is -1.76. The van der Waals surface area contributed by atoms with Crippen LogP contribution < -0.4 is 0 Å². The minimum absolute atomic E-state index is 0.320. The first-order valence-corrected chi connectivity index (χ1v) is 7.71. The number of hydrogen-bond donors (Lipinski definition) is 0. The first kappa shape index (κ1) is 15.6. The Kier molecular flexibility index (Phi) is 5.06. The highest BCUT2D eigenvalue weighted by Crippen LogP contribution is 2.44. The van der Waals surface area contributed by atoms with Crippen molar-refractivity contribution in [2.75, 3.05) is 0 Å². The number of ether oxygens (including phenoxy) is 1. The van der Waals surface area contributed by atoms with Crippen LogP contribution in [0.25, 0.3) is 5.57 Å². The van der Waals surface area contributed by atoms with E-state index in [9.17, 15) is 0 Å². The summed E-state index contributed by atoms with van der Waals surface area (Å²) in [6.45, 7) is 8.98. The molecule has 1 nitrogen and oxygen atoms in total. The van der Waals surface area contributed by atoms with Crippen molar-refractivity contribution in [3.8, 4) is 0 Å². The van der Waals surface area contributed by atoms with E-state index >= 15 is 0 Å². The van der Waals surface area contributed by atoms with Crippen molar-refractivity contribution >= 4 is 5.57 Å². The van der Waals surface area contributed by atoms with Gasteiger partial charge in [-0.2, -0.15) is 0 Å². The van der Waals surface area contributed by atoms with E-state index in [1.165, 1.54) is 17.6 Å². The lowest BCUT2D eigenvalue weighted by atomic mass is 9.76. The molecule has 0 fully saturated rings. The number of benzene rings is 1. The summed E-state index contributed by atoms with van der Waals surface area (Å²) in [6.07, 6.45) is 10.4. The van der Waals surface area contributed by atoms with Crippen molar-refractivity contribution in [2.24, 2.45) is 11.3 Å². The average molecular weight is 282 g/mol. The number of hydrogen-bond acceptors (Lipinski definition) is 1. The summed E-state index contributed by atoms with van der Waals surface area (Å²) >= 11 is 0. The van der Waals surface area contributed by atoms with Crippen LogP contribution in [0.2, 0.25) is 0 Å². The van der Waals surface area contributed by atoms with E-state index in [4.69, 9.17) is 4.74 Å². The Morgan fingerprint density at radius 2 is 2.00 bits per heavy atom. The Morgan fingerprint density at radius 3 is 2.62 bits per heavy atom. The number of rotatable bonds is 5. The first-order valence-electron chi connectivity index (χ1n) is 7.71. The lowest BCUT2D eigenvalue weighted by Crippen LogP contribution is -2.19. The first-order chi connectivity index (χ1) is 10.0. The molecule has 0 amide bonds. The van der Waals surface area contributed by atoms with Gasteiger partial charge in [0.05, 0.1) is 12.5 Å². The highest BCUT2D eigenvalue weighted by Gasteiger charge is 2.33. The molecule has 1 heteroatoms. The zero-order valence-electron chi connectivity index (χ0n) is 13.6. The summed E-state index contributed by atoms with van der Waals surface area (Å²) in [7, 11) is 0. The molecule has 0 bridgehead atoms. The molecule has 0 aliphatic heterocycles. The maximum Gasteiger partial charge on any atom is 0.0936 e. The van der Waals surface area contributed by atoms with Gasteiger partial charge in [-0.05, 0) is 55.2 Å². The molecular formula is C20H26O. The molecule has 0 N–H and O–H groups in total. The predicted octanol–water partition coefficient (Wildman–Crippen LogP) is 5.96. The van der Waals surface area contributed by atoms with Crippen LogP contribution in [0, 0.1) is 11.3 Å². The Balaban J connectivity index is 1.82. The monoisotopic (exact) mass is 282 g/mol. The molecule has 0 radical (unpaired) electrons. The van der Waals surface area contributed by atoms with Gasteiger partial charge in [0.2, 0.25) is 0 Å². The van der Waals surface area contributed by atoms with Gasteiger partial charge in [0, 0.05) is 0 Å². The second-order valence-electron chi connectivity index (χ2n) is 6.45. The summed E-state index contributed by atoms with van der Waals surface area (Å²) < 4.78 is 5.55. The van der Waals surface area contributed by atoms with Crippen LogP contribution in [0.15, 0.2) is 60.6 Å². The van der Waals surface area contributed by atoms with E-state index in [1.54, 1.807) is 0 Å². The average Bonchev–Trinajstić information content (AvgIpc) is 2.74. The van der Waals surface area contributed by atoms with Gasteiger partial charge in [-0.15, -0.1) is 0 Å². The summed E-state index contributed by atoms with van der Waals surface area (Å²) in [5, 5.41) is 0. The lowest BCUT2D eigenvalue weighted by Gasteiger charge is -2.28. The highest BCUT2D eigenvalue weighted by molar-refractivity contribution is 5.62. The quantitative estimate of drug-likeness (QED) is 0.478.